The summed E-state index contributed by atoms with van der Waals surface area (Å²) in [6.45, 7) is 6.71. The molecule has 7 heteroatoms. The Bertz CT molecular complexity index is 725. The third-order valence-corrected chi connectivity index (χ3v) is 7.40. The Labute approximate surface area is 193 Å². The largest absolute Gasteiger partial charge is 0.342 e. The summed E-state index contributed by atoms with van der Waals surface area (Å²) in [5.41, 5.74) is 0.459. The van der Waals surface area contributed by atoms with Gasteiger partial charge < -0.3 is 15.1 Å². The van der Waals surface area contributed by atoms with E-state index in [-0.39, 0.29) is 23.8 Å². The molecule has 0 bridgehead atoms. The number of allylic oxidation sites excluding steroid dienone is 1. The van der Waals surface area contributed by atoms with Gasteiger partial charge in [-0.25, -0.2) is 4.79 Å². The van der Waals surface area contributed by atoms with Gasteiger partial charge in [-0.15, -0.1) is 0 Å². The predicted octanol–water partition coefficient (Wildman–Crippen LogP) is 3.40. The van der Waals surface area contributed by atoms with Crippen molar-refractivity contribution in [3.8, 4) is 0 Å². The number of rotatable bonds is 9. The Hall–Kier alpha value is -1.89. The highest BCUT2D eigenvalue weighted by molar-refractivity contribution is 6.07. The lowest BCUT2D eigenvalue weighted by molar-refractivity contribution is -0.136. The second kappa shape index (κ2) is 10.8. The van der Waals surface area contributed by atoms with Crippen LogP contribution < -0.4 is 5.32 Å². The summed E-state index contributed by atoms with van der Waals surface area (Å²) in [4.78, 5) is 44.6. The van der Waals surface area contributed by atoms with E-state index in [1.165, 1.54) is 23.3 Å². The Morgan fingerprint density at radius 3 is 2.53 bits per heavy atom. The van der Waals surface area contributed by atoms with Gasteiger partial charge in [0.1, 0.15) is 5.54 Å². The van der Waals surface area contributed by atoms with Crippen LogP contribution in [0, 0.1) is 11.8 Å². The molecule has 0 saturated carbocycles. The van der Waals surface area contributed by atoms with Crippen LogP contribution in [0.2, 0.25) is 0 Å². The molecule has 7 nitrogen and oxygen atoms in total. The highest BCUT2D eigenvalue weighted by Crippen LogP contribution is 2.38. The average Bonchev–Trinajstić information content (AvgIpc) is 3.01. The molecule has 180 valence electrons. The van der Waals surface area contributed by atoms with Gasteiger partial charge in [-0.05, 0) is 77.3 Å². The van der Waals surface area contributed by atoms with E-state index >= 15 is 0 Å². The molecule has 0 aromatic heterocycles. The van der Waals surface area contributed by atoms with Crippen molar-refractivity contribution in [3.63, 3.8) is 0 Å². The molecule has 2 aliphatic heterocycles. The number of nitrogens with zero attached hydrogens (tertiary/aromatic N) is 3. The van der Waals surface area contributed by atoms with E-state index in [1.807, 2.05) is 23.9 Å². The maximum Gasteiger partial charge on any atom is 0.325 e. The van der Waals surface area contributed by atoms with E-state index in [2.05, 4.69) is 25.2 Å². The third kappa shape index (κ3) is 5.72. The van der Waals surface area contributed by atoms with Crippen LogP contribution in [-0.4, -0.2) is 78.4 Å². The highest BCUT2D eigenvalue weighted by atomic mass is 16.2. The van der Waals surface area contributed by atoms with Crippen LogP contribution in [0.3, 0.4) is 0 Å². The normalized spacial score (nSPS) is 25.0. The fourth-order valence-electron chi connectivity index (χ4n) is 5.31. The van der Waals surface area contributed by atoms with Crippen molar-refractivity contribution >= 4 is 17.8 Å². The first kappa shape index (κ1) is 24.7. The molecule has 0 spiro atoms. The van der Waals surface area contributed by atoms with Gasteiger partial charge >= 0.3 is 6.03 Å². The predicted molar refractivity (Wildman–Crippen MR) is 126 cm³/mol. The number of imide groups is 1. The number of hydrogen-bond donors (Lipinski definition) is 1. The smallest absolute Gasteiger partial charge is 0.325 e. The fourth-order valence-corrected chi connectivity index (χ4v) is 5.31. The molecule has 0 unspecified atom stereocenters. The van der Waals surface area contributed by atoms with Gasteiger partial charge in [0.05, 0.1) is 0 Å². The Morgan fingerprint density at radius 1 is 1.22 bits per heavy atom. The zero-order valence-electron chi connectivity index (χ0n) is 20.5. The average molecular weight is 447 g/mol. The molecular weight excluding hydrogens is 404 g/mol. The van der Waals surface area contributed by atoms with Crippen molar-refractivity contribution in [1.82, 2.24) is 20.0 Å². The Kier molecular flexibility index (Phi) is 8.37. The summed E-state index contributed by atoms with van der Waals surface area (Å²) in [6.07, 6.45) is 10.4. The zero-order chi connectivity index (χ0) is 23.3. The standard InChI is InChI=1S/C25H42N4O3/c1-19(2)10-13-25(23(31)29(24(32)26-25)17-16-27(3)4)21-11-14-28(15-12-21)22(30)18-20-8-6-5-7-9-20/h8,19,21H,5-7,9-18H2,1-4H3,(H,26,32)/t25-/m1/s1. The second-order valence-electron chi connectivity index (χ2n) is 10.5. The Balaban J connectivity index is 1.66. The summed E-state index contributed by atoms with van der Waals surface area (Å²) < 4.78 is 0. The van der Waals surface area contributed by atoms with E-state index in [0.717, 1.165) is 32.1 Å². The lowest BCUT2D eigenvalue weighted by atomic mass is 9.73. The fraction of sp³-hybridized carbons (Fsp3) is 0.800. The van der Waals surface area contributed by atoms with Crippen molar-refractivity contribution in [2.75, 3.05) is 40.3 Å². The molecule has 3 aliphatic rings. The summed E-state index contributed by atoms with van der Waals surface area (Å²) in [6, 6.07) is -0.261. The molecular formula is C25H42N4O3. The quantitative estimate of drug-likeness (QED) is 0.435. The van der Waals surface area contributed by atoms with Gasteiger partial charge in [-0.2, -0.15) is 0 Å². The maximum absolute atomic E-state index is 13.6. The number of likely N-dealkylation sites (N-methyl/N-ethyl adjacent to an activating group) is 1. The first-order valence-corrected chi connectivity index (χ1v) is 12.5. The van der Waals surface area contributed by atoms with Crippen LogP contribution in [0.15, 0.2) is 11.6 Å². The number of urea groups is 1. The first-order valence-electron chi connectivity index (χ1n) is 12.5. The van der Waals surface area contributed by atoms with Gasteiger partial charge in [0.2, 0.25) is 5.91 Å². The number of carbonyl (C=O) groups excluding carboxylic acids is 3. The van der Waals surface area contributed by atoms with Crippen LogP contribution in [0.25, 0.3) is 0 Å². The summed E-state index contributed by atoms with van der Waals surface area (Å²) in [5, 5.41) is 3.13. The molecule has 2 heterocycles. The molecule has 0 aromatic rings. The minimum atomic E-state index is -0.825. The highest BCUT2D eigenvalue weighted by Gasteiger charge is 2.55. The molecule has 3 rings (SSSR count). The topological polar surface area (TPSA) is 73.0 Å². The van der Waals surface area contributed by atoms with E-state index in [0.29, 0.717) is 44.9 Å². The molecule has 0 aromatic carbocycles. The maximum atomic E-state index is 13.6. The summed E-state index contributed by atoms with van der Waals surface area (Å²) in [5.74, 6) is 0.669. The number of likely N-dealkylation sites (tertiary alicyclic amines) is 1. The molecule has 2 fully saturated rings. The van der Waals surface area contributed by atoms with Gasteiger partial charge in [0.15, 0.2) is 0 Å². The van der Waals surface area contributed by atoms with Crippen LogP contribution >= 0.6 is 0 Å². The van der Waals surface area contributed by atoms with Gasteiger partial charge in [0.25, 0.3) is 5.91 Å². The van der Waals surface area contributed by atoms with Crippen molar-refractivity contribution in [3.05, 3.63) is 11.6 Å². The number of hydrogen-bond acceptors (Lipinski definition) is 4. The molecule has 0 radical (unpaired) electrons. The zero-order valence-corrected chi connectivity index (χ0v) is 20.5. The molecule has 1 atom stereocenters. The van der Waals surface area contributed by atoms with Crippen LogP contribution in [0.5, 0.6) is 0 Å². The van der Waals surface area contributed by atoms with Crippen molar-refractivity contribution in [2.24, 2.45) is 11.8 Å². The molecule has 4 amide bonds. The van der Waals surface area contributed by atoms with Crippen LogP contribution in [-0.2, 0) is 9.59 Å². The number of carbonyl (C=O) groups is 3. The number of amides is 4. The summed E-state index contributed by atoms with van der Waals surface area (Å²) in [7, 11) is 3.89. The first-order chi connectivity index (χ1) is 15.2. The van der Waals surface area contributed by atoms with Gasteiger partial charge in [-0.3, -0.25) is 14.5 Å². The minimum absolute atomic E-state index is 0.0675. The third-order valence-electron chi connectivity index (χ3n) is 7.40. The molecule has 32 heavy (non-hydrogen) atoms. The van der Waals surface area contributed by atoms with E-state index in [1.54, 1.807) is 0 Å². The van der Waals surface area contributed by atoms with Crippen molar-refractivity contribution < 1.29 is 14.4 Å². The molecule has 1 N–H and O–H groups in total. The molecule has 2 saturated heterocycles. The SMILES string of the molecule is CC(C)CC[C@]1(C2CCN(C(=O)CC3=CCCCC3)CC2)NC(=O)N(CCN(C)C)C1=O. The lowest BCUT2D eigenvalue weighted by Gasteiger charge is -2.41. The van der Waals surface area contributed by atoms with E-state index in [4.69, 9.17) is 0 Å². The van der Waals surface area contributed by atoms with Gasteiger partial charge in [-0.1, -0.05) is 25.5 Å². The van der Waals surface area contributed by atoms with Gasteiger partial charge in [0, 0.05) is 32.6 Å². The van der Waals surface area contributed by atoms with Crippen LogP contribution in [0.4, 0.5) is 4.79 Å². The van der Waals surface area contributed by atoms with E-state index < -0.39 is 5.54 Å². The summed E-state index contributed by atoms with van der Waals surface area (Å²) >= 11 is 0. The monoisotopic (exact) mass is 446 g/mol. The van der Waals surface area contributed by atoms with E-state index in [9.17, 15) is 14.4 Å². The molecule has 1 aliphatic carbocycles. The minimum Gasteiger partial charge on any atom is -0.342 e. The van der Waals surface area contributed by atoms with Crippen molar-refractivity contribution in [2.45, 2.75) is 77.2 Å². The van der Waals surface area contributed by atoms with Crippen molar-refractivity contribution in [1.29, 1.82) is 0 Å². The number of piperidine rings is 1. The second-order valence-corrected chi connectivity index (χ2v) is 10.5. The number of nitrogens with one attached hydrogen (secondary N) is 1. The van der Waals surface area contributed by atoms with Crippen LogP contribution in [0.1, 0.15) is 71.6 Å². The lowest BCUT2D eigenvalue weighted by Crippen LogP contribution is -2.56. The Morgan fingerprint density at radius 2 is 1.94 bits per heavy atom.